The van der Waals surface area contributed by atoms with E-state index in [1.54, 1.807) is 17.7 Å². The summed E-state index contributed by atoms with van der Waals surface area (Å²) in [4.78, 5) is 27.4. The number of aromatic nitrogens is 2. The first-order valence-electron chi connectivity index (χ1n) is 10.2. The first-order valence-corrected chi connectivity index (χ1v) is 11.1. The fourth-order valence-electron chi connectivity index (χ4n) is 5.42. The Kier molecular flexibility index (Phi) is 7.25. The predicted octanol–water partition coefficient (Wildman–Crippen LogP) is 3.34. The molecule has 5 rings (SSSR count). The molecule has 6 nitrogen and oxygen atoms in total. The molecule has 1 aliphatic heterocycles. The van der Waals surface area contributed by atoms with E-state index in [0.717, 1.165) is 55.1 Å². The van der Waals surface area contributed by atoms with Crippen molar-refractivity contribution in [3.8, 4) is 0 Å². The van der Waals surface area contributed by atoms with E-state index >= 15 is 0 Å². The molecule has 9 heteroatoms. The number of piperazine rings is 1. The summed E-state index contributed by atoms with van der Waals surface area (Å²) in [5.41, 5.74) is 6.40. The zero-order chi connectivity index (χ0) is 18.4. The number of rotatable bonds is 2. The number of hydrogen-bond acceptors (Lipinski definition) is 6. The Morgan fingerprint density at radius 2 is 1.76 bits per heavy atom. The number of nitrogens with zero attached hydrogens (tertiary/aromatic N) is 4. The van der Waals surface area contributed by atoms with Crippen LogP contribution in [0.5, 0.6) is 0 Å². The number of carbonyl (C=O) groups is 1. The van der Waals surface area contributed by atoms with Gasteiger partial charge in [0.15, 0.2) is 0 Å². The van der Waals surface area contributed by atoms with Crippen LogP contribution in [0.1, 0.15) is 32.1 Å². The van der Waals surface area contributed by atoms with Crippen LogP contribution in [-0.2, 0) is 4.79 Å². The molecule has 2 aromatic rings. The second-order valence-electron chi connectivity index (χ2n) is 8.35. The second kappa shape index (κ2) is 9.33. The fourth-order valence-corrected chi connectivity index (χ4v) is 6.14. The van der Waals surface area contributed by atoms with E-state index in [1.165, 1.54) is 19.3 Å². The van der Waals surface area contributed by atoms with Gasteiger partial charge in [0.2, 0.25) is 5.91 Å². The number of carbonyl (C=O) groups excluding carboxylic acids is 1. The molecule has 2 saturated carbocycles. The van der Waals surface area contributed by atoms with Gasteiger partial charge in [-0.2, -0.15) is 0 Å². The molecule has 0 aromatic carbocycles. The van der Waals surface area contributed by atoms with Gasteiger partial charge in [0.1, 0.15) is 17.0 Å². The van der Waals surface area contributed by atoms with E-state index < -0.39 is 0 Å². The van der Waals surface area contributed by atoms with Gasteiger partial charge in [-0.3, -0.25) is 4.79 Å². The van der Waals surface area contributed by atoms with Crippen molar-refractivity contribution in [2.75, 3.05) is 31.1 Å². The first kappa shape index (κ1) is 22.5. The summed E-state index contributed by atoms with van der Waals surface area (Å²) in [6.07, 6.45) is 7.35. The van der Waals surface area contributed by atoms with E-state index in [4.69, 9.17) is 5.73 Å². The van der Waals surface area contributed by atoms with E-state index in [0.29, 0.717) is 23.8 Å². The summed E-state index contributed by atoms with van der Waals surface area (Å²) in [5.74, 6) is 2.67. The highest BCUT2D eigenvalue weighted by molar-refractivity contribution is 7.16. The molecular formula is C20H29Cl2N5OS. The Morgan fingerprint density at radius 3 is 2.45 bits per heavy atom. The van der Waals surface area contributed by atoms with E-state index in [-0.39, 0.29) is 30.7 Å². The van der Waals surface area contributed by atoms with Crippen molar-refractivity contribution in [3.05, 3.63) is 17.8 Å². The van der Waals surface area contributed by atoms with Crippen molar-refractivity contribution in [1.29, 1.82) is 0 Å². The van der Waals surface area contributed by atoms with E-state index in [1.807, 2.05) is 0 Å². The average molecular weight is 458 g/mol. The molecule has 3 heterocycles. The molecule has 160 valence electrons. The highest BCUT2D eigenvalue weighted by Crippen LogP contribution is 2.42. The largest absolute Gasteiger partial charge is 0.352 e. The monoisotopic (exact) mass is 457 g/mol. The van der Waals surface area contributed by atoms with Crippen LogP contribution in [0.4, 0.5) is 5.82 Å². The maximum absolute atomic E-state index is 13.1. The Hall–Kier alpha value is -1.15. The fraction of sp³-hybridized carbons (Fsp3) is 0.650. The van der Waals surface area contributed by atoms with E-state index in [9.17, 15) is 4.79 Å². The molecule has 2 unspecified atom stereocenters. The third kappa shape index (κ3) is 4.20. The molecule has 1 saturated heterocycles. The number of nitrogens with two attached hydrogens (primary N) is 1. The molecule has 2 N–H and O–H groups in total. The minimum absolute atomic E-state index is 0. The van der Waals surface area contributed by atoms with Crippen LogP contribution in [0.3, 0.4) is 0 Å². The Labute approximate surface area is 188 Å². The lowest BCUT2D eigenvalue weighted by Gasteiger charge is -2.45. The zero-order valence-corrected chi connectivity index (χ0v) is 18.9. The van der Waals surface area contributed by atoms with Gasteiger partial charge in [0.25, 0.3) is 0 Å². The van der Waals surface area contributed by atoms with Crippen molar-refractivity contribution >= 4 is 58.1 Å². The smallest absolute Gasteiger partial charge is 0.225 e. The molecule has 29 heavy (non-hydrogen) atoms. The number of hydrogen-bond donors (Lipinski definition) is 1. The Balaban J connectivity index is 0.00000120. The predicted molar refractivity (Wildman–Crippen MR) is 122 cm³/mol. The Morgan fingerprint density at radius 1 is 1.07 bits per heavy atom. The maximum Gasteiger partial charge on any atom is 0.225 e. The van der Waals surface area contributed by atoms with Crippen molar-refractivity contribution in [2.24, 2.45) is 23.5 Å². The lowest BCUT2D eigenvalue weighted by Crippen LogP contribution is -2.53. The molecule has 2 atom stereocenters. The van der Waals surface area contributed by atoms with Gasteiger partial charge in [0, 0.05) is 38.1 Å². The number of thiophene rings is 1. The molecular weight excluding hydrogens is 429 g/mol. The summed E-state index contributed by atoms with van der Waals surface area (Å²) >= 11 is 1.65. The van der Waals surface area contributed by atoms with E-state index in [2.05, 4.69) is 31.2 Å². The van der Waals surface area contributed by atoms with Gasteiger partial charge < -0.3 is 15.5 Å². The molecule has 2 aliphatic carbocycles. The number of amides is 1. The third-order valence-corrected chi connectivity index (χ3v) is 7.71. The molecule has 1 amide bonds. The second-order valence-corrected chi connectivity index (χ2v) is 9.24. The van der Waals surface area contributed by atoms with Crippen LogP contribution in [-0.4, -0.2) is 53.0 Å². The number of halogens is 2. The molecule has 3 fully saturated rings. The summed E-state index contributed by atoms with van der Waals surface area (Å²) < 4.78 is 0. The molecule has 2 bridgehead atoms. The lowest BCUT2D eigenvalue weighted by molar-refractivity contribution is -0.138. The summed E-state index contributed by atoms with van der Waals surface area (Å²) in [6, 6.07) is 2.42. The van der Waals surface area contributed by atoms with Crippen molar-refractivity contribution in [2.45, 2.75) is 38.1 Å². The van der Waals surface area contributed by atoms with Crippen LogP contribution < -0.4 is 10.6 Å². The SMILES string of the molecule is Cl.Cl.NC1C2CCCC1CC(C(=O)N1CCN(c3ncnc4sccc34)CC1)C2. The van der Waals surface area contributed by atoms with Crippen molar-refractivity contribution in [3.63, 3.8) is 0 Å². The van der Waals surface area contributed by atoms with Crippen LogP contribution in [0.25, 0.3) is 10.2 Å². The summed E-state index contributed by atoms with van der Waals surface area (Å²) in [7, 11) is 0. The van der Waals surface area contributed by atoms with Gasteiger partial charge in [-0.05, 0) is 49.0 Å². The highest BCUT2D eigenvalue weighted by Gasteiger charge is 2.42. The van der Waals surface area contributed by atoms with Crippen LogP contribution in [0.15, 0.2) is 17.8 Å². The average Bonchev–Trinajstić information content (AvgIpc) is 3.16. The standard InChI is InChI=1S/C20H27N5OS.2ClH/c21-17-13-2-1-3-14(17)11-15(10-13)20(26)25-7-5-24(6-8-25)18-16-4-9-27-19(16)23-12-22-18;;/h4,9,12-15,17H,1-3,5-8,10-11,21H2;2*1H. The molecule has 0 radical (unpaired) electrons. The summed E-state index contributed by atoms with van der Waals surface area (Å²) in [5, 5.41) is 3.18. The summed E-state index contributed by atoms with van der Waals surface area (Å²) in [6.45, 7) is 3.25. The van der Waals surface area contributed by atoms with Crippen LogP contribution in [0, 0.1) is 17.8 Å². The van der Waals surface area contributed by atoms with Gasteiger partial charge in [-0.25, -0.2) is 9.97 Å². The van der Waals surface area contributed by atoms with Crippen molar-refractivity contribution in [1.82, 2.24) is 14.9 Å². The highest BCUT2D eigenvalue weighted by atomic mass is 35.5. The van der Waals surface area contributed by atoms with Crippen LogP contribution in [0.2, 0.25) is 0 Å². The van der Waals surface area contributed by atoms with Gasteiger partial charge >= 0.3 is 0 Å². The van der Waals surface area contributed by atoms with Gasteiger partial charge in [-0.15, -0.1) is 36.2 Å². The third-order valence-electron chi connectivity index (χ3n) is 6.89. The van der Waals surface area contributed by atoms with Crippen molar-refractivity contribution < 1.29 is 4.79 Å². The minimum Gasteiger partial charge on any atom is -0.352 e. The first-order chi connectivity index (χ1) is 13.2. The quantitative estimate of drug-likeness (QED) is 0.747. The minimum atomic E-state index is 0. The van der Waals surface area contributed by atoms with Crippen LogP contribution >= 0.6 is 36.2 Å². The van der Waals surface area contributed by atoms with Gasteiger partial charge in [0.05, 0.1) is 5.39 Å². The number of anilines is 1. The molecule has 3 aliphatic rings. The topological polar surface area (TPSA) is 75.4 Å². The molecule has 2 aromatic heterocycles. The Bertz CT molecular complexity index is 827. The normalized spacial score (nSPS) is 29.1. The number of fused-ring (bicyclic) bond motifs is 3. The molecule has 0 spiro atoms. The van der Waals surface area contributed by atoms with Gasteiger partial charge in [-0.1, -0.05) is 6.42 Å². The lowest BCUT2D eigenvalue weighted by atomic mass is 9.65. The zero-order valence-electron chi connectivity index (χ0n) is 16.4. The maximum atomic E-state index is 13.1.